The highest BCUT2D eigenvalue weighted by Crippen LogP contribution is 2.69. The van der Waals surface area contributed by atoms with E-state index in [0.717, 1.165) is 51.6 Å². The Morgan fingerprint density at radius 1 is 0.843 bits per heavy atom. The predicted molar refractivity (Wildman–Crippen MR) is 198 cm³/mol. The monoisotopic (exact) mass is 704 g/mol. The third-order valence-electron chi connectivity index (χ3n) is 13.7. The summed E-state index contributed by atoms with van der Waals surface area (Å²) >= 11 is 0. The van der Waals surface area contributed by atoms with E-state index in [9.17, 15) is 0 Å². The Morgan fingerprint density at radius 2 is 1.51 bits per heavy atom. The van der Waals surface area contributed by atoms with E-state index in [1.165, 1.54) is 24.8 Å². The van der Waals surface area contributed by atoms with Crippen LogP contribution in [0.1, 0.15) is 84.1 Å². The van der Waals surface area contributed by atoms with Gasteiger partial charge in [-0.2, -0.15) is 0 Å². The van der Waals surface area contributed by atoms with Gasteiger partial charge in [0.2, 0.25) is 0 Å². The molecule has 4 saturated carbocycles. The van der Waals surface area contributed by atoms with Gasteiger partial charge in [0.25, 0.3) is 0 Å². The topological polar surface area (TPSA) is 177 Å². The van der Waals surface area contributed by atoms with E-state index in [1.54, 1.807) is 0 Å². The Balaban J connectivity index is 1.36. The van der Waals surface area contributed by atoms with Gasteiger partial charge in [0.15, 0.2) is 0 Å². The first-order valence-electron chi connectivity index (χ1n) is 19.4. The van der Waals surface area contributed by atoms with Crippen LogP contribution < -0.4 is 0 Å². The normalized spacial score (nSPS) is 34.6. The summed E-state index contributed by atoms with van der Waals surface area (Å²) in [5.74, 6) is 2.79. The first-order valence-corrected chi connectivity index (χ1v) is 19.4. The number of rotatable bonds is 19. The van der Waals surface area contributed by atoms with Gasteiger partial charge in [0, 0.05) is 46.3 Å². The molecule has 0 saturated heterocycles. The molecule has 0 aromatic heterocycles. The molecular weight excluding hydrogens is 644 g/mol. The molecule has 13 heteroatoms. The van der Waals surface area contributed by atoms with Crippen molar-refractivity contribution < 1.29 is 14.2 Å². The molecule has 0 heterocycles. The molecule has 5 rings (SSSR count). The quantitative estimate of drug-likeness (QED) is 0.0603. The summed E-state index contributed by atoms with van der Waals surface area (Å²) in [6.45, 7) is 11.9. The number of nitrogens with zero attached hydrogens (tertiary/aromatic N) is 10. The van der Waals surface area contributed by atoms with Crippen LogP contribution in [0, 0.1) is 46.3 Å². The minimum absolute atomic E-state index is 0.0237. The lowest BCUT2D eigenvalue weighted by molar-refractivity contribution is -0.226. The van der Waals surface area contributed by atoms with Crippen LogP contribution in [0.15, 0.2) is 45.7 Å². The van der Waals surface area contributed by atoms with Crippen LogP contribution in [0.25, 0.3) is 31.3 Å². The van der Waals surface area contributed by atoms with Gasteiger partial charge in [0.1, 0.15) is 0 Å². The predicted octanol–water partition coefficient (Wildman–Crippen LogP) is 9.50. The Labute approximate surface area is 304 Å². The zero-order valence-corrected chi connectivity index (χ0v) is 31.3. The van der Waals surface area contributed by atoms with Crippen molar-refractivity contribution in [3.63, 3.8) is 0 Å². The molecule has 0 amide bonds. The highest BCUT2D eigenvalue weighted by Gasteiger charge is 2.66. The fourth-order valence-corrected chi connectivity index (χ4v) is 11.4. The maximum atomic E-state index is 9.00. The first-order chi connectivity index (χ1) is 24.8. The minimum atomic E-state index is -0.0237. The number of hydrogen-bond donors (Lipinski definition) is 0. The fourth-order valence-electron chi connectivity index (χ4n) is 11.4. The van der Waals surface area contributed by atoms with Crippen molar-refractivity contribution >= 4 is 0 Å². The van der Waals surface area contributed by atoms with E-state index in [2.05, 4.69) is 93.1 Å². The van der Waals surface area contributed by atoms with Gasteiger partial charge in [-0.05, 0) is 134 Å². The minimum Gasteiger partial charge on any atom is -0.378 e. The molecule has 0 radical (unpaired) electrons. The molecule has 0 N–H and O–H groups in total. The molecule has 0 aliphatic heterocycles. The summed E-state index contributed by atoms with van der Waals surface area (Å²) in [6, 6.07) is 10.7. The van der Waals surface area contributed by atoms with E-state index < -0.39 is 0 Å². The zero-order chi connectivity index (χ0) is 36.3. The van der Waals surface area contributed by atoms with Crippen LogP contribution in [0.5, 0.6) is 0 Å². The van der Waals surface area contributed by atoms with Crippen LogP contribution in [0.2, 0.25) is 0 Å². The molecule has 1 aromatic rings. The van der Waals surface area contributed by atoms with Crippen LogP contribution in [0.4, 0.5) is 0 Å². The molecule has 4 fully saturated rings. The third-order valence-corrected chi connectivity index (χ3v) is 13.7. The van der Waals surface area contributed by atoms with Crippen LogP contribution in [-0.2, 0) is 20.8 Å². The maximum Gasteiger partial charge on any atom is 0.0637 e. The smallest absolute Gasteiger partial charge is 0.0637 e. The van der Waals surface area contributed by atoms with E-state index in [0.29, 0.717) is 75.0 Å². The molecule has 51 heavy (non-hydrogen) atoms. The molecule has 0 spiro atoms. The summed E-state index contributed by atoms with van der Waals surface area (Å²) in [6.07, 6.45) is 10.00. The van der Waals surface area contributed by atoms with Crippen molar-refractivity contribution in [1.82, 2.24) is 4.90 Å². The molecular formula is C38H60N10O3. The number of fused-ring (bicyclic) bond motifs is 5. The van der Waals surface area contributed by atoms with Gasteiger partial charge in [-0.25, -0.2) is 0 Å². The van der Waals surface area contributed by atoms with E-state index in [1.807, 2.05) is 0 Å². The lowest BCUT2D eigenvalue weighted by atomic mass is 9.43. The first kappa shape index (κ1) is 39.2. The Bertz CT molecular complexity index is 1400. The zero-order valence-electron chi connectivity index (χ0n) is 31.3. The van der Waals surface area contributed by atoms with Gasteiger partial charge in [-0.3, -0.25) is 0 Å². The van der Waals surface area contributed by atoms with Crippen molar-refractivity contribution in [3.8, 4) is 0 Å². The largest absolute Gasteiger partial charge is 0.378 e. The number of azide groups is 3. The molecule has 1 aromatic carbocycles. The summed E-state index contributed by atoms with van der Waals surface area (Å²) in [4.78, 5) is 11.3. The highest BCUT2D eigenvalue weighted by molar-refractivity contribution is 5.16. The molecule has 0 unspecified atom stereocenters. The lowest BCUT2D eigenvalue weighted by Crippen LogP contribution is -2.63. The summed E-state index contributed by atoms with van der Waals surface area (Å²) < 4.78 is 19.9. The standard InChI is InChI=1S/C38H60N10O3/c1-27(9-8-19-48(4)26-28-10-6-5-7-11-28)31-12-13-32-36-33(25-35(38(31,32)3)51-22-18-44-47-41)37(2)15-14-30(49-20-16-42-45-39)23-29(37)24-34(36)50-21-17-43-46-40/h5-7,10-11,27,29-36H,8-9,12-26H2,1-4H3/t27-,29-,30+,31+,32-,33-,34+,35-,36-,37-,38+/m0/s1. The van der Waals surface area contributed by atoms with E-state index in [4.69, 9.17) is 30.8 Å². The van der Waals surface area contributed by atoms with Crippen molar-refractivity contribution in [2.24, 2.45) is 61.7 Å². The van der Waals surface area contributed by atoms with Gasteiger partial charge >= 0.3 is 0 Å². The molecule has 13 nitrogen and oxygen atoms in total. The van der Waals surface area contributed by atoms with Gasteiger partial charge in [-0.1, -0.05) is 66.4 Å². The SMILES string of the molecule is C[C@@H](CCCN(C)Cc1ccccc1)[C@H]1CC[C@H]2[C@@H]3[C@H](OCCN=[N+]=[N-])C[C@@H]4C[C@H](OCCN=[N+]=[N-])CC[C@]4(C)[C@H]3C[C@H](OCCN=[N+]=[N-])[C@]12C. The average molecular weight is 705 g/mol. The third kappa shape index (κ3) is 9.14. The van der Waals surface area contributed by atoms with Crippen molar-refractivity contribution in [2.45, 2.75) is 103 Å². The van der Waals surface area contributed by atoms with Crippen molar-refractivity contribution in [2.75, 3.05) is 53.0 Å². The van der Waals surface area contributed by atoms with Gasteiger partial charge in [-0.15, -0.1) is 0 Å². The Hall–Kier alpha value is -3.01. The van der Waals surface area contributed by atoms with Crippen molar-refractivity contribution in [3.05, 3.63) is 67.2 Å². The van der Waals surface area contributed by atoms with E-state index in [-0.39, 0.29) is 29.1 Å². The summed E-state index contributed by atoms with van der Waals surface area (Å²) in [5.41, 5.74) is 28.1. The molecule has 4 aliphatic rings. The van der Waals surface area contributed by atoms with Crippen LogP contribution in [-0.4, -0.2) is 76.3 Å². The highest BCUT2D eigenvalue weighted by atomic mass is 16.5. The second-order valence-corrected chi connectivity index (χ2v) is 16.3. The molecule has 0 bridgehead atoms. The number of hydrogen-bond acceptors (Lipinski definition) is 7. The number of benzene rings is 1. The Kier molecular flexibility index (Phi) is 14.3. The average Bonchev–Trinajstić information content (AvgIpc) is 3.49. The fraction of sp³-hybridized carbons (Fsp3) is 0.842. The molecule has 280 valence electrons. The summed E-state index contributed by atoms with van der Waals surface area (Å²) in [7, 11) is 2.22. The van der Waals surface area contributed by atoms with Crippen LogP contribution in [0.3, 0.4) is 0 Å². The van der Waals surface area contributed by atoms with E-state index >= 15 is 0 Å². The maximum absolute atomic E-state index is 9.00. The van der Waals surface area contributed by atoms with Crippen LogP contribution >= 0.6 is 0 Å². The lowest BCUT2D eigenvalue weighted by Gasteiger charge is -2.64. The van der Waals surface area contributed by atoms with Gasteiger partial charge < -0.3 is 19.1 Å². The van der Waals surface area contributed by atoms with Crippen molar-refractivity contribution in [1.29, 1.82) is 0 Å². The second kappa shape index (κ2) is 18.7. The molecule has 11 atom stereocenters. The Morgan fingerprint density at radius 3 is 2.20 bits per heavy atom. The second-order valence-electron chi connectivity index (χ2n) is 16.3. The number of ether oxygens (including phenoxy) is 3. The van der Waals surface area contributed by atoms with Gasteiger partial charge in [0.05, 0.1) is 38.1 Å². The molecule has 4 aliphatic carbocycles. The summed E-state index contributed by atoms with van der Waals surface area (Å²) in [5, 5.41) is 11.3.